The number of methoxy groups -OCH3 is 1. The summed E-state index contributed by atoms with van der Waals surface area (Å²) in [5.41, 5.74) is 0.181. The van der Waals surface area contributed by atoms with Crippen LogP contribution in [0.4, 0.5) is 24.5 Å². The van der Waals surface area contributed by atoms with E-state index in [1.165, 1.54) is 19.2 Å². The van der Waals surface area contributed by atoms with Crippen molar-refractivity contribution in [2.24, 2.45) is 0 Å². The molecule has 0 saturated carbocycles. The highest BCUT2D eigenvalue weighted by molar-refractivity contribution is 6.06. The molecule has 1 amide bonds. The molecule has 2 rings (SSSR count). The summed E-state index contributed by atoms with van der Waals surface area (Å²) in [6, 6.07) is 9.44. The number of carbonyl (C=O) groups excluding carboxylic acids is 1. The Bertz CT molecular complexity index is 730. The number of halogens is 3. The SMILES string of the molecule is CCNc1ccc(OC)c(C(=O)Nc2cccc(C(F)(F)F)c2)c1. The Morgan fingerprint density at radius 1 is 1.12 bits per heavy atom. The van der Waals surface area contributed by atoms with Gasteiger partial charge in [-0.3, -0.25) is 4.79 Å². The monoisotopic (exact) mass is 338 g/mol. The van der Waals surface area contributed by atoms with Gasteiger partial charge in [-0.05, 0) is 43.3 Å². The van der Waals surface area contributed by atoms with Crippen LogP contribution < -0.4 is 15.4 Å². The summed E-state index contributed by atoms with van der Waals surface area (Å²) in [6.07, 6.45) is -4.47. The van der Waals surface area contributed by atoms with E-state index < -0.39 is 17.6 Å². The average molecular weight is 338 g/mol. The third-order valence-electron chi connectivity index (χ3n) is 3.27. The summed E-state index contributed by atoms with van der Waals surface area (Å²) >= 11 is 0. The number of carbonyl (C=O) groups is 1. The molecule has 0 atom stereocenters. The molecule has 128 valence electrons. The zero-order valence-electron chi connectivity index (χ0n) is 13.2. The Balaban J connectivity index is 2.28. The summed E-state index contributed by atoms with van der Waals surface area (Å²) in [7, 11) is 1.42. The molecule has 0 aliphatic heterocycles. The van der Waals surface area contributed by atoms with E-state index in [0.29, 0.717) is 18.0 Å². The maximum Gasteiger partial charge on any atom is 0.416 e. The van der Waals surface area contributed by atoms with Gasteiger partial charge in [-0.1, -0.05) is 6.07 Å². The van der Waals surface area contributed by atoms with Crippen LogP contribution in [0.1, 0.15) is 22.8 Å². The van der Waals surface area contributed by atoms with Crippen molar-refractivity contribution in [2.75, 3.05) is 24.3 Å². The van der Waals surface area contributed by atoms with Crippen LogP contribution in [0.15, 0.2) is 42.5 Å². The maximum absolute atomic E-state index is 12.7. The van der Waals surface area contributed by atoms with Crippen LogP contribution in [-0.4, -0.2) is 19.6 Å². The molecule has 0 fully saturated rings. The molecule has 0 aromatic heterocycles. The first-order chi connectivity index (χ1) is 11.3. The van der Waals surface area contributed by atoms with Gasteiger partial charge in [0.25, 0.3) is 5.91 Å². The molecule has 0 aliphatic carbocycles. The molecule has 0 heterocycles. The number of benzene rings is 2. The zero-order chi connectivity index (χ0) is 17.7. The van der Waals surface area contributed by atoms with Crippen molar-refractivity contribution in [3.8, 4) is 5.75 Å². The van der Waals surface area contributed by atoms with Crippen molar-refractivity contribution < 1.29 is 22.7 Å². The van der Waals surface area contributed by atoms with Gasteiger partial charge in [0.05, 0.1) is 18.2 Å². The standard InChI is InChI=1S/C17H17F3N2O2/c1-3-21-12-7-8-15(24-2)14(10-12)16(23)22-13-6-4-5-11(9-13)17(18,19)20/h4-10,21H,3H2,1-2H3,(H,22,23). The largest absolute Gasteiger partial charge is 0.496 e. The number of hydrogen-bond acceptors (Lipinski definition) is 3. The highest BCUT2D eigenvalue weighted by atomic mass is 19.4. The molecule has 2 N–H and O–H groups in total. The molecule has 24 heavy (non-hydrogen) atoms. The topological polar surface area (TPSA) is 50.4 Å². The predicted molar refractivity (Wildman–Crippen MR) is 86.6 cm³/mol. The summed E-state index contributed by atoms with van der Waals surface area (Å²) in [4.78, 5) is 12.4. The van der Waals surface area contributed by atoms with E-state index >= 15 is 0 Å². The number of rotatable bonds is 5. The van der Waals surface area contributed by atoms with Gasteiger partial charge in [0.2, 0.25) is 0 Å². The van der Waals surface area contributed by atoms with Crippen LogP contribution >= 0.6 is 0 Å². The van der Waals surface area contributed by atoms with Gasteiger partial charge in [-0.2, -0.15) is 13.2 Å². The lowest BCUT2D eigenvalue weighted by Crippen LogP contribution is -2.14. The van der Waals surface area contributed by atoms with E-state index in [0.717, 1.165) is 12.1 Å². The molecular weight excluding hydrogens is 321 g/mol. The second-order valence-corrected chi connectivity index (χ2v) is 4.98. The molecular formula is C17H17F3N2O2. The Kier molecular flexibility index (Phi) is 5.33. The van der Waals surface area contributed by atoms with Crippen LogP contribution in [0, 0.1) is 0 Å². The van der Waals surface area contributed by atoms with Gasteiger partial charge in [0.15, 0.2) is 0 Å². The van der Waals surface area contributed by atoms with Gasteiger partial charge in [0.1, 0.15) is 5.75 Å². The molecule has 2 aromatic carbocycles. The Hall–Kier alpha value is -2.70. The zero-order valence-corrected chi connectivity index (χ0v) is 13.2. The fourth-order valence-electron chi connectivity index (χ4n) is 2.17. The lowest BCUT2D eigenvalue weighted by atomic mass is 10.1. The van der Waals surface area contributed by atoms with Gasteiger partial charge in [-0.15, -0.1) is 0 Å². The number of hydrogen-bond donors (Lipinski definition) is 2. The van der Waals surface area contributed by atoms with E-state index in [9.17, 15) is 18.0 Å². The molecule has 0 bridgehead atoms. The summed E-state index contributed by atoms with van der Waals surface area (Å²) in [5.74, 6) is -0.216. The van der Waals surface area contributed by atoms with Crippen LogP contribution in [0.3, 0.4) is 0 Å². The lowest BCUT2D eigenvalue weighted by Gasteiger charge is -2.13. The minimum absolute atomic E-state index is 0.0609. The Morgan fingerprint density at radius 2 is 1.88 bits per heavy atom. The predicted octanol–water partition coefficient (Wildman–Crippen LogP) is 4.40. The molecule has 0 spiro atoms. The molecule has 2 aromatic rings. The highest BCUT2D eigenvalue weighted by Gasteiger charge is 2.30. The normalized spacial score (nSPS) is 11.0. The first-order valence-corrected chi connectivity index (χ1v) is 7.25. The van der Waals surface area contributed by atoms with Gasteiger partial charge >= 0.3 is 6.18 Å². The van der Waals surface area contributed by atoms with E-state index in [1.54, 1.807) is 18.2 Å². The van der Waals surface area contributed by atoms with Crippen molar-refractivity contribution >= 4 is 17.3 Å². The van der Waals surface area contributed by atoms with Gasteiger partial charge < -0.3 is 15.4 Å². The van der Waals surface area contributed by atoms with Gasteiger partial charge in [-0.25, -0.2) is 0 Å². The fraction of sp³-hybridized carbons (Fsp3) is 0.235. The number of amides is 1. The molecule has 0 saturated heterocycles. The average Bonchev–Trinajstić information content (AvgIpc) is 2.54. The van der Waals surface area contributed by atoms with E-state index in [4.69, 9.17) is 4.74 Å². The molecule has 0 aliphatic rings. The van der Waals surface area contributed by atoms with Crippen molar-refractivity contribution in [2.45, 2.75) is 13.1 Å². The van der Waals surface area contributed by atoms with Crippen molar-refractivity contribution in [3.63, 3.8) is 0 Å². The molecule has 4 nitrogen and oxygen atoms in total. The first-order valence-electron chi connectivity index (χ1n) is 7.25. The number of ether oxygens (including phenoxy) is 1. The second kappa shape index (κ2) is 7.25. The van der Waals surface area contributed by atoms with Crippen LogP contribution in [0.2, 0.25) is 0 Å². The fourth-order valence-corrected chi connectivity index (χ4v) is 2.17. The third kappa shape index (κ3) is 4.18. The number of alkyl halides is 3. The summed E-state index contributed by atoms with van der Waals surface area (Å²) in [5, 5.41) is 5.53. The van der Waals surface area contributed by atoms with E-state index in [1.807, 2.05) is 6.92 Å². The third-order valence-corrected chi connectivity index (χ3v) is 3.27. The molecule has 0 radical (unpaired) electrons. The Labute approximate surface area is 137 Å². The number of anilines is 2. The van der Waals surface area contributed by atoms with E-state index in [-0.39, 0.29) is 11.3 Å². The van der Waals surface area contributed by atoms with Crippen LogP contribution in [0.5, 0.6) is 5.75 Å². The van der Waals surface area contributed by atoms with Crippen molar-refractivity contribution in [1.82, 2.24) is 0 Å². The lowest BCUT2D eigenvalue weighted by molar-refractivity contribution is -0.137. The second-order valence-electron chi connectivity index (χ2n) is 4.98. The Morgan fingerprint density at radius 3 is 2.50 bits per heavy atom. The maximum atomic E-state index is 12.7. The van der Waals surface area contributed by atoms with Crippen LogP contribution in [-0.2, 0) is 6.18 Å². The first kappa shape index (κ1) is 17.7. The number of nitrogens with one attached hydrogen (secondary N) is 2. The smallest absolute Gasteiger partial charge is 0.416 e. The summed E-state index contributed by atoms with van der Waals surface area (Å²) in [6.45, 7) is 2.58. The molecule has 0 unspecified atom stereocenters. The quantitative estimate of drug-likeness (QED) is 0.850. The highest BCUT2D eigenvalue weighted by Crippen LogP contribution is 2.31. The minimum atomic E-state index is -4.47. The molecule has 7 heteroatoms. The van der Waals surface area contributed by atoms with Crippen molar-refractivity contribution in [3.05, 3.63) is 53.6 Å². The summed E-state index contributed by atoms with van der Waals surface area (Å²) < 4.78 is 43.4. The minimum Gasteiger partial charge on any atom is -0.496 e. The van der Waals surface area contributed by atoms with Gasteiger partial charge in [0, 0.05) is 17.9 Å². The van der Waals surface area contributed by atoms with Crippen molar-refractivity contribution in [1.29, 1.82) is 0 Å². The van der Waals surface area contributed by atoms with Crippen LogP contribution in [0.25, 0.3) is 0 Å². The van der Waals surface area contributed by atoms with E-state index in [2.05, 4.69) is 10.6 Å².